The van der Waals surface area contributed by atoms with Gasteiger partial charge in [0.15, 0.2) is 9.66 Å². The van der Waals surface area contributed by atoms with Gasteiger partial charge in [0.05, 0.1) is 58.7 Å². The van der Waals surface area contributed by atoms with Gasteiger partial charge in [-0.2, -0.15) is 5.10 Å². The van der Waals surface area contributed by atoms with Crippen molar-refractivity contribution >= 4 is 96.1 Å². The van der Waals surface area contributed by atoms with E-state index in [9.17, 15) is 25.6 Å². The monoisotopic (exact) mass is 1280 g/mol. The summed E-state index contributed by atoms with van der Waals surface area (Å²) < 4.78 is 77.0. The summed E-state index contributed by atoms with van der Waals surface area (Å²) in [7, 11) is -6.03. The molecule has 9 rings (SSSR count). The molecule has 6 heterocycles. The molecule has 0 saturated heterocycles. The molecular weight excluding hydrogens is 1240 g/mol. The van der Waals surface area contributed by atoms with E-state index in [1.165, 1.54) is 30.7 Å². The second-order valence-electron chi connectivity index (χ2n) is 16.4. The highest BCUT2D eigenvalue weighted by molar-refractivity contribution is 14.1. The van der Waals surface area contributed by atoms with Crippen molar-refractivity contribution in [2.75, 3.05) is 24.0 Å². The Hall–Kier alpha value is -4.56. The van der Waals surface area contributed by atoms with Crippen LogP contribution in [0.1, 0.15) is 67.0 Å². The minimum atomic E-state index is -3.10. The van der Waals surface area contributed by atoms with Crippen molar-refractivity contribution < 1.29 is 25.6 Å². The predicted molar refractivity (Wildman–Crippen MR) is 278 cm³/mol. The van der Waals surface area contributed by atoms with Crippen LogP contribution in [0.25, 0.3) is 28.6 Å². The molecule has 0 unspecified atom stereocenters. The summed E-state index contributed by atoms with van der Waals surface area (Å²) in [6.07, 6.45) is 19.7. The van der Waals surface area contributed by atoms with E-state index in [4.69, 9.17) is 4.98 Å². The zero-order valence-electron chi connectivity index (χ0n) is 37.4. The molecule has 69 heavy (non-hydrogen) atoms. The lowest BCUT2D eigenvalue weighted by Crippen LogP contribution is -2.37. The number of halogens is 6. The number of fused-ring (bicyclic) bond motifs is 5. The molecule has 0 N–H and O–H groups in total. The Kier molecular flexibility index (Phi) is 18.0. The van der Waals surface area contributed by atoms with E-state index in [-0.39, 0.29) is 40.5 Å². The molecule has 2 aliphatic rings. The van der Waals surface area contributed by atoms with Crippen LogP contribution in [0.15, 0.2) is 112 Å². The van der Waals surface area contributed by atoms with Crippen molar-refractivity contribution in [2.24, 2.45) is 5.41 Å². The van der Waals surface area contributed by atoms with Gasteiger partial charge in [0.2, 0.25) is 0 Å². The topological polar surface area (TPSA) is 210 Å². The van der Waals surface area contributed by atoms with Gasteiger partial charge >= 0.3 is 0 Å². The second-order valence-corrected chi connectivity index (χ2v) is 24.6. The molecule has 2 aliphatic carbocycles. The Balaban J connectivity index is 0.000000209. The molecule has 0 radical (unpaired) electrons. The minimum Gasteiger partial charge on any atom is -0.252 e. The molecule has 15 nitrogen and oxygen atoms in total. The SMILES string of the molecule is Brc1cnc(I)nc1.C=Cc1ncc(Br)cn1.CC1(C)[C@H]2CC[C@]1(c1cccc(-c3cnc(CCS(C)(=O)=O)nc3)n1)c1nnc(-c3c(F)cccc3F)cc12.CS(=O)(=O)CCc1ncc(Br)cn1. The van der Waals surface area contributed by atoms with Crippen LogP contribution in [0.5, 0.6) is 0 Å². The van der Waals surface area contributed by atoms with Crippen molar-refractivity contribution in [1.29, 1.82) is 0 Å². The van der Waals surface area contributed by atoms with E-state index in [0.29, 0.717) is 29.6 Å². The normalized spacial score (nSPS) is 16.4. The first kappa shape index (κ1) is 53.8. The van der Waals surface area contributed by atoms with Gasteiger partial charge in [-0.25, -0.2) is 65.5 Å². The maximum Gasteiger partial charge on any atom is 0.190 e. The third-order valence-corrected chi connectivity index (χ3v) is 14.9. The lowest BCUT2D eigenvalue weighted by atomic mass is 9.66. The van der Waals surface area contributed by atoms with Crippen LogP contribution >= 0.6 is 70.4 Å². The van der Waals surface area contributed by atoms with Crippen molar-refractivity contribution in [1.82, 2.24) is 55.1 Å². The fourth-order valence-corrected chi connectivity index (χ4v) is 9.95. The Morgan fingerprint density at radius 2 is 1.20 bits per heavy atom. The van der Waals surface area contributed by atoms with Gasteiger partial charge in [-0.1, -0.05) is 32.6 Å². The van der Waals surface area contributed by atoms with Crippen LogP contribution in [0.3, 0.4) is 0 Å². The zero-order valence-corrected chi connectivity index (χ0v) is 45.9. The fraction of sp³-hybridized carbons (Fsp3) is 0.283. The van der Waals surface area contributed by atoms with Crippen LogP contribution in [0.2, 0.25) is 0 Å². The summed E-state index contributed by atoms with van der Waals surface area (Å²) in [6, 6.07) is 11.4. The molecule has 0 amide bonds. The first-order valence-electron chi connectivity index (χ1n) is 20.8. The fourth-order valence-electron chi connectivity index (χ4n) is 7.95. The summed E-state index contributed by atoms with van der Waals surface area (Å²) in [5, 5.41) is 8.90. The lowest BCUT2D eigenvalue weighted by molar-refractivity contribution is 0.243. The van der Waals surface area contributed by atoms with Crippen LogP contribution in [0.4, 0.5) is 8.78 Å². The Morgan fingerprint density at radius 3 is 1.71 bits per heavy atom. The van der Waals surface area contributed by atoms with Crippen molar-refractivity contribution in [2.45, 2.75) is 50.9 Å². The number of hydrogen-bond acceptors (Lipinski definition) is 15. The summed E-state index contributed by atoms with van der Waals surface area (Å²) in [5.74, 6) is 0.548. The van der Waals surface area contributed by atoms with Gasteiger partial charge in [0, 0.05) is 103 Å². The summed E-state index contributed by atoms with van der Waals surface area (Å²) >= 11 is 11.7. The highest BCUT2D eigenvalue weighted by atomic mass is 127. The molecule has 2 atom stereocenters. The summed E-state index contributed by atoms with van der Waals surface area (Å²) in [6.45, 7) is 7.92. The van der Waals surface area contributed by atoms with Gasteiger partial charge in [0.25, 0.3) is 0 Å². The Bertz CT molecular complexity index is 3110. The first-order valence-corrected chi connectivity index (χ1v) is 28.3. The number of aryl methyl sites for hydroxylation is 2. The van der Waals surface area contributed by atoms with Crippen molar-refractivity contribution in [3.05, 3.63) is 162 Å². The molecule has 1 saturated carbocycles. The standard InChI is InChI=1S/C29H27F2N5O2S.C7H9BrN2O2S.C6H5BrN2.C4H2BrIN2/c1-28(2)19-10-12-29(28,27-18(19)14-23(35-36-27)26-20(30)6-4-7-21(26)31)24-9-5-8-22(34-24)17-15-32-25(33-16-17)11-13-39(3,37)38;1-13(11,12)3-2-7-9-4-6(8)5-10-7;1-2-6-8-3-5(7)4-9-6;5-3-1-7-4(6)8-2-3/h4-9,14-16,19H,10-13H2,1-3H3;4-5H,2-3H2,1H3;2-4H,1H2;1-2H/t19-,29-;;;/m0.../s1. The third kappa shape index (κ3) is 13.9. The molecule has 7 aromatic rings. The molecule has 6 aromatic heterocycles. The number of hydrogen-bond donors (Lipinski definition) is 0. The van der Waals surface area contributed by atoms with Crippen LogP contribution < -0.4 is 0 Å². The lowest BCUT2D eigenvalue weighted by Gasteiger charge is -2.37. The molecular formula is C46H43Br3F2IN11O4S2. The number of aromatic nitrogens is 11. The third-order valence-electron chi connectivity index (χ3n) is 11.3. The summed E-state index contributed by atoms with van der Waals surface area (Å²) in [5.41, 5.74) is 3.30. The van der Waals surface area contributed by atoms with E-state index in [2.05, 4.69) is 141 Å². The maximum atomic E-state index is 14.5. The largest absolute Gasteiger partial charge is 0.252 e. The van der Waals surface area contributed by atoms with E-state index < -0.39 is 36.7 Å². The number of rotatable bonds is 10. The average molecular weight is 1280 g/mol. The summed E-state index contributed by atoms with van der Waals surface area (Å²) in [4.78, 5) is 37.3. The molecule has 23 heteroatoms. The van der Waals surface area contributed by atoms with Crippen LogP contribution in [-0.2, 0) is 37.9 Å². The van der Waals surface area contributed by atoms with E-state index >= 15 is 0 Å². The van der Waals surface area contributed by atoms with Gasteiger partial charge in [0.1, 0.15) is 43.0 Å². The van der Waals surface area contributed by atoms with Crippen LogP contribution in [0, 0.1) is 20.9 Å². The van der Waals surface area contributed by atoms with Crippen molar-refractivity contribution in [3.8, 4) is 22.5 Å². The van der Waals surface area contributed by atoms with Gasteiger partial charge in [-0.05, 0) is 114 Å². The van der Waals surface area contributed by atoms with Gasteiger partial charge < -0.3 is 0 Å². The molecule has 360 valence electrons. The molecule has 0 aliphatic heterocycles. The number of benzene rings is 1. The molecule has 1 fully saturated rings. The highest BCUT2D eigenvalue weighted by Crippen LogP contribution is 2.69. The smallest absolute Gasteiger partial charge is 0.190 e. The van der Waals surface area contributed by atoms with Gasteiger partial charge in [-0.15, -0.1) is 5.10 Å². The number of pyridine rings is 1. The van der Waals surface area contributed by atoms with Gasteiger partial charge in [-0.3, -0.25) is 4.98 Å². The molecule has 1 aromatic carbocycles. The average Bonchev–Trinajstić information content (AvgIpc) is 3.70. The predicted octanol–water partition coefficient (Wildman–Crippen LogP) is 9.62. The second kappa shape index (κ2) is 23.1. The van der Waals surface area contributed by atoms with E-state index in [1.54, 1.807) is 61.7 Å². The molecule has 2 bridgehead atoms. The Morgan fingerprint density at radius 1 is 0.710 bits per heavy atom. The number of nitrogens with zero attached hydrogens (tertiary/aromatic N) is 11. The maximum absolute atomic E-state index is 14.5. The molecule has 0 spiro atoms. The number of sulfone groups is 2. The quantitative estimate of drug-likeness (QED) is 0.0922. The minimum absolute atomic E-state index is 0.00936. The van der Waals surface area contributed by atoms with E-state index in [0.717, 1.165) is 52.6 Å². The Labute approximate surface area is 437 Å². The van der Waals surface area contributed by atoms with Crippen LogP contribution in [-0.4, -0.2) is 95.9 Å². The highest BCUT2D eigenvalue weighted by Gasteiger charge is 2.65. The zero-order chi connectivity index (χ0) is 50.1. The van der Waals surface area contributed by atoms with E-state index in [1.807, 2.05) is 18.2 Å². The first-order chi connectivity index (χ1) is 32.6. The van der Waals surface area contributed by atoms with Crippen molar-refractivity contribution in [3.63, 3.8) is 0 Å².